The summed E-state index contributed by atoms with van der Waals surface area (Å²) in [6.45, 7) is 3.61. The van der Waals surface area contributed by atoms with Crippen LogP contribution < -0.4 is 14.2 Å². The van der Waals surface area contributed by atoms with Gasteiger partial charge in [-0.3, -0.25) is 14.6 Å². The number of methoxy groups -OCH3 is 3. The summed E-state index contributed by atoms with van der Waals surface area (Å²) in [5.74, 6) is 1.58. The number of aliphatic hydroxyl groups excluding tert-OH is 1. The molecule has 0 spiro atoms. The number of likely N-dealkylation sites (tertiary alicyclic amines) is 2. The molecule has 12 nitrogen and oxygen atoms in total. The highest BCUT2D eigenvalue weighted by Gasteiger charge is 2.34. The molecule has 2 aliphatic heterocycles. The minimum Gasteiger partial charge on any atom is -0.497 e. The Morgan fingerprint density at radius 1 is 0.783 bits per heavy atom. The average Bonchev–Trinajstić information content (AvgIpc) is 3.55. The molecule has 15 heteroatoms. The van der Waals surface area contributed by atoms with Crippen molar-refractivity contribution in [1.29, 1.82) is 0 Å². The van der Waals surface area contributed by atoms with E-state index in [9.17, 15) is 4.79 Å². The number of benzene rings is 2. The van der Waals surface area contributed by atoms with Gasteiger partial charge in [0.25, 0.3) is 5.88 Å². The van der Waals surface area contributed by atoms with Crippen molar-refractivity contribution in [3.05, 3.63) is 51.9 Å². The summed E-state index contributed by atoms with van der Waals surface area (Å²) in [5.41, 5.74) is 2.80. The maximum Gasteiger partial charge on any atom is 0.323 e. The molecule has 0 amide bonds. The molecule has 0 radical (unpaired) electrons. The van der Waals surface area contributed by atoms with E-state index >= 15 is 0 Å². The third-order valence-corrected chi connectivity index (χ3v) is 8.59. The van der Waals surface area contributed by atoms with Crippen LogP contribution in [0.25, 0.3) is 22.1 Å². The van der Waals surface area contributed by atoms with Crippen molar-refractivity contribution >= 4 is 62.8 Å². The van der Waals surface area contributed by atoms with Crippen LogP contribution in [0.15, 0.2) is 36.4 Å². The summed E-state index contributed by atoms with van der Waals surface area (Å²) < 4.78 is 20.8. The van der Waals surface area contributed by atoms with Gasteiger partial charge < -0.3 is 24.1 Å². The SMILES string of the molecule is COC(=O)[C@@H]1C[C@@H](O)CN1C.COc1ccc2nc(Cl)c(Cl)nc2c1.COc1ccc2nc(Cl)c(O[C@@H]3C[C@@H](C)N(C)C3)nc2c1. The quantitative estimate of drug-likeness (QED) is 0.284. The molecule has 0 unspecified atom stereocenters. The number of carbonyl (C=O) groups is 1. The van der Waals surface area contributed by atoms with Crippen LogP contribution in [-0.2, 0) is 9.53 Å². The summed E-state index contributed by atoms with van der Waals surface area (Å²) in [6.07, 6.45) is 1.16. The van der Waals surface area contributed by atoms with Gasteiger partial charge in [-0.05, 0) is 45.3 Å². The zero-order chi connectivity index (χ0) is 33.5. The van der Waals surface area contributed by atoms with Crippen LogP contribution in [0.2, 0.25) is 15.5 Å². The second-order valence-corrected chi connectivity index (χ2v) is 12.0. The highest BCUT2D eigenvalue weighted by Crippen LogP contribution is 2.29. The van der Waals surface area contributed by atoms with Gasteiger partial charge in [-0.15, -0.1) is 0 Å². The van der Waals surface area contributed by atoms with E-state index in [0.29, 0.717) is 52.3 Å². The van der Waals surface area contributed by atoms with E-state index in [1.165, 1.54) is 7.11 Å². The first kappa shape index (κ1) is 35.6. The predicted molar refractivity (Wildman–Crippen MR) is 177 cm³/mol. The number of esters is 1. The summed E-state index contributed by atoms with van der Waals surface area (Å²) >= 11 is 17.6. The summed E-state index contributed by atoms with van der Waals surface area (Å²) in [6, 6.07) is 11.1. The predicted octanol–water partition coefficient (Wildman–Crippen LogP) is 4.93. The van der Waals surface area contributed by atoms with Crippen molar-refractivity contribution in [3.63, 3.8) is 0 Å². The molecule has 0 saturated carbocycles. The molecule has 1 N–H and O–H groups in total. The Morgan fingerprint density at radius 3 is 1.80 bits per heavy atom. The van der Waals surface area contributed by atoms with Crippen LogP contribution in [0.3, 0.4) is 0 Å². The Hall–Kier alpha value is -3.26. The Labute approximate surface area is 282 Å². The van der Waals surface area contributed by atoms with E-state index in [-0.39, 0.29) is 34.5 Å². The molecular weight excluding hydrogens is 659 g/mol. The van der Waals surface area contributed by atoms with Gasteiger partial charge in [-0.1, -0.05) is 34.8 Å². The fraction of sp³-hybridized carbons (Fsp3) is 0.452. The first-order valence-corrected chi connectivity index (χ1v) is 15.6. The van der Waals surface area contributed by atoms with Crippen molar-refractivity contribution < 1.29 is 28.8 Å². The van der Waals surface area contributed by atoms with E-state index in [1.54, 1.807) is 44.4 Å². The maximum absolute atomic E-state index is 11.0. The molecule has 4 aromatic rings. The van der Waals surface area contributed by atoms with Crippen molar-refractivity contribution in [1.82, 2.24) is 29.7 Å². The molecule has 4 heterocycles. The number of likely N-dealkylation sites (N-methyl/N-ethyl adjacent to an activating group) is 2. The average molecular weight is 696 g/mol. The molecule has 2 fully saturated rings. The van der Waals surface area contributed by atoms with Crippen LogP contribution >= 0.6 is 34.8 Å². The third-order valence-electron chi connectivity index (χ3n) is 7.72. The zero-order valence-electron chi connectivity index (χ0n) is 26.4. The number of β-amino-alcohol motifs (C(OH)–C–C–N with tert-alkyl or cyclic N) is 1. The van der Waals surface area contributed by atoms with Crippen molar-refractivity contribution in [2.45, 2.75) is 44.1 Å². The lowest BCUT2D eigenvalue weighted by Crippen LogP contribution is -2.33. The highest BCUT2D eigenvalue weighted by atomic mass is 35.5. The Balaban J connectivity index is 0.000000167. The van der Waals surface area contributed by atoms with Gasteiger partial charge >= 0.3 is 5.97 Å². The fourth-order valence-corrected chi connectivity index (χ4v) is 5.52. The van der Waals surface area contributed by atoms with Gasteiger partial charge in [0.15, 0.2) is 15.5 Å². The molecule has 2 saturated heterocycles. The molecule has 248 valence electrons. The molecule has 4 atom stereocenters. The molecule has 46 heavy (non-hydrogen) atoms. The third kappa shape index (κ3) is 8.96. The number of hydrogen-bond acceptors (Lipinski definition) is 12. The second-order valence-electron chi connectivity index (χ2n) is 11.0. The lowest BCUT2D eigenvalue weighted by atomic mass is 10.2. The second kappa shape index (κ2) is 16.0. The van der Waals surface area contributed by atoms with Crippen LogP contribution in [0, 0.1) is 0 Å². The summed E-state index contributed by atoms with van der Waals surface area (Å²) in [7, 11) is 8.47. The molecule has 6 rings (SSSR count). The number of halogens is 3. The molecule has 0 bridgehead atoms. The summed E-state index contributed by atoms with van der Waals surface area (Å²) in [4.78, 5) is 32.0. The Kier molecular flexibility index (Phi) is 12.4. The molecule has 2 aliphatic rings. The van der Waals surface area contributed by atoms with Gasteiger partial charge in [0.05, 0.1) is 49.5 Å². The normalized spacial score (nSPS) is 21.3. The molecule has 0 aliphatic carbocycles. The number of fused-ring (bicyclic) bond motifs is 2. The minimum absolute atomic E-state index is 0.0971. The first-order valence-electron chi connectivity index (χ1n) is 14.4. The lowest BCUT2D eigenvalue weighted by Gasteiger charge is -2.15. The molecular formula is C31H37Cl3N6O6. The Morgan fingerprint density at radius 2 is 1.33 bits per heavy atom. The summed E-state index contributed by atoms with van der Waals surface area (Å²) in [5, 5.41) is 9.88. The van der Waals surface area contributed by atoms with Crippen LogP contribution in [0.5, 0.6) is 17.4 Å². The van der Waals surface area contributed by atoms with Gasteiger partial charge in [0.2, 0.25) is 0 Å². The van der Waals surface area contributed by atoms with Gasteiger partial charge in [-0.25, -0.2) is 19.9 Å². The van der Waals surface area contributed by atoms with Crippen molar-refractivity contribution in [3.8, 4) is 17.4 Å². The highest BCUT2D eigenvalue weighted by molar-refractivity contribution is 6.40. The zero-order valence-corrected chi connectivity index (χ0v) is 28.7. The lowest BCUT2D eigenvalue weighted by molar-refractivity contribution is -0.145. The number of nitrogens with zero attached hydrogens (tertiary/aromatic N) is 6. The number of hydrogen-bond donors (Lipinski definition) is 1. The van der Waals surface area contributed by atoms with Gasteiger partial charge in [0.1, 0.15) is 23.6 Å². The van der Waals surface area contributed by atoms with E-state index in [2.05, 4.69) is 43.5 Å². The number of carbonyl (C=O) groups excluding carboxylic acids is 1. The largest absolute Gasteiger partial charge is 0.497 e. The van der Waals surface area contributed by atoms with Crippen LogP contribution in [0.1, 0.15) is 19.8 Å². The number of rotatable bonds is 5. The smallest absolute Gasteiger partial charge is 0.323 e. The van der Waals surface area contributed by atoms with Gasteiger partial charge in [-0.2, -0.15) is 0 Å². The van der Waals surface area contributed by atoms with E-state index in [4.69, 9.17) is 54.1 Å². The maximum atomic E-state index is 11.0. The van der Waals surface area contributed by atoms with E-state index < -0.39 is 0 Å². The molecule has 2 aromatic carbocycles. The van der Waals surface area contributed by atoms with Gasteiger partial charge in [0, 0.05) is 44.1 Å². The monoisotopic (exact) mass is 694 g/mol. The van der Waals surface area contributed by atoms with Crippen LogP contribution in [-0.4, -0.2) is 114 Å². The number of aliphatic hydroxyl groups is 1. The first-order chi connectivity index (χ1) is 21.9. The minimum atomic E-state index is -0.385. The van der Waals surface area contributed by atoms with Crippen molar-refractivity contribution in [2.24, 2.45) is 0 Å². The van der Waals surface area contributed by atoms with E-state index in [0.717, 1.165) is 24.2 Å². The van der Waals surface area contributed by atoms with E-state index in [1.807, 2.05) is 18.2 Å². The molecule has 2 aromatic heterocycles. The Bertz CT molecular complexity index is 1660. The fourth-order valence-electron chi connectivity index (χ4n) is 5.08. The number of ether oxygens (including phenoxy) is 4. The van der Waals surface area contributed by atoms with Crippen LogP contribution in [0.4, 0.5) is 0 Å². The number of aromatic nitrogens is 4. The standard InChI is InChI=1S/C15H18ClN3O2.C9H6Cl2N2O.C7H13NO3/c1-9-6-11(8-19(9)2)21-15-14(16)17-12-5-4-10(20-3)7-13(12)18-15;1-14-5-2-3-6-7(4-5)13-9(11)8(10)12-6;1-8-4-5(9)3-6(8)7(10)11-2/h4-5,7,9,11H,6,8H2,1-3H3;2-4H,1H3;5-6,9H,3-4H2,1-2H3/t9-,11-;;5-,6+/m1.1/s1. The van der Waals surface area contributed by atoms with Crippen molar-refractivity contribution in [2.75, 3.05) is 48.5 Å². The topological polar surface area (TPSA) is 132 Å².